The number of fused-ring (bicyclic) bond motifs is 3. The molecular weight excluding hydrogens is 320 g/mol. The molecule has 0 saturated carbocycles. The normalized spacial score (nSPS) is 15.2. The molecule has 4 rings (SSSR count). The van der Waals surface area contributed by atoms with Crippen molar-refractivity contribution in [2.45, 2.75) is 20.4 Å². The van der Waals surface area contributed by atoms with Crippen LogP contribution in [0.5, 0.6) is 0 Å². The highest BCUT2D eigenvalue weighted by molar-refractivity contribution is 5.87. The first-order valence-electron chi connectivity index (χ1n) is 8.39. The SMILES string of the molecule is Cc1ccc2c(c1)cc1c(=O)n(CC(=O)N3CCOCC3)nc(C)n12. The van der Waals surface area contributed by atoms with Gasteiger partial charge in [0.15, 0.2) is 0 Å². The first-order valence-corrected chi connectivity index (χ1v) is 8.39. The Bertz CT molecular complexity index is 1030. The van der Waals surface area contributed by atoms with Crippen LogP contribution in [0.25, 0.3) is 16.4 Å². The topological polar surface area (TPSA) is 68.8 Å². The summed E-state index contributed by atoms with van der Waals surface area (Å²) >= 11 is 0. The molecule has 0 unspecified atom stereocenters. The highest BCUT2D eigenvalue weighted by Crippen LogP contribution is 2.20. The summed E-state index contributed by atoms with van der Waals surface area (Å²) in [5, 5.41) is 5.37. The lowest BCUT2D eigenvalue weighted by Gasteiger charge is -2.26. The molecule has 3 heterocycles. The van der Waals surface area contributed by atoms with Gasteiger partial charge < -0.3 is 9.64 Å². The second-order valence-electron chi connectivity index (χ2n) is 6.43. The summed E-state index contributed by atoms with van der Waals surface area (Å²) < 4.78 is 8.39. The predicted molar refractivity (Wildman–Crippen MR) is 93.8 cm³/mol. The summed E-state index contributed by atoms with van der Waals surface area (Å²) in [4.78, 5) is 27.0. The van der Waals surface area contributed by atoms with Crippen LogP contribution in [0, 0.1) is 13.8 Å². The van der Waals surface area contributed by atoms with Crippen molar-refractivity contribution in [2.75, 3.05) is 26.3 Å². The van der Waals surface area contributed by atoms with Crippen LogP contribution in [0.2, 0.25) is 0 Å². The third-order valence-corrected chi connectivity index (χ3v) is 4.65. The quantitative estimate of drug-likeness (QED) is 0.701. The Hall–Kier alpha value is -2.67. The number of hydrogen-bond donors (Lipinski definition) is 0. The van der Waals surface area contributed by atoms with Gasteiger partial charge in [-0.3, -0.25) is 14.0 Å². The number of aromatic nitrogens is 3. The van der Waals surface area contributed by atoms with E-state index in [1.165, 1.54) is 4.68 Å². The van der Waals surface area contributed by atoms with Gasteiger partial charge in [0.05, 0.1) is 18.7 Å². The Morgan fingerprint density at radius 1 is 1.16 bits per heavy atom. The summed E-state index contributed by atoms with van der Waals surface area (Å²) in [7, 11) is 0. The largest absolute Gasteiger partial charge is 0.378 e. The molecule has 0 atom stereocenters. The monoisotopic (exact) mass is 340 g/mol. The van der Waals surface area contributed by atoms with Gasteiger partial charge >= 0.3 is 0 Å². The van der Waals surface area contributed by atoms with Crippen LogP contribution >= 0.6 is 0 Å². The van der Waals surface area contributed by atoms with Crippen LogP contribution in [-0.4, -0.2) is 51.3 Å². The van der Waals surface area contributed by atoms with Crippen molar-refractivity contribution < 1.29 is 9.53 Å². The van der Waals surface area contributed by atoms with Crippen molar-refractivity contribution in [1.29, 1.82) is 0 Å². The molecule has 7 nitrogen and oxygen atoms in total. The van der Waals surface area contributed by atoms with E-state index in [-0.39, 0.29) is 18.0 Å². The Balaban J connectivity index is 1.77. The lowest BCUT2D eigenvalue weighted by molar-refractivity contribution is -0.136. The van der Waals surface area contributed by atoms with Crippen LogP contribution in [0.4, 0.5) is 0 Å². The van der Waals surface area contributed by atoms with Gasteiger partial charge in [-0.25, -0.2) is 4.68 Å². The molecule has 1 aromatic carbocycles. The minimum atomic E-state index is -0.249. The molecule has 0 radical (unpaired) electrons. The highest BCUT2D eigenvalue weighted by atomic mass is 16.5. The van der Waals surface area contributed by atoms with Crippen LogP contribution in [0.1, 0.15) is 11.4 Å². The predicted octanol–water partition coefficient (Wildman–Crippen LogP) is 1.12. The van der Waals surface area contributed by atoms with Gasteiger partial charge in [0.25, 0.3) is 5.56 Å². The molecule has 0 bridgehead atoms. The van der Waals surface area contributed by atoms with Crippen molar-refractivity contribution >= 4 is 22.3 Å². The van der Waals surface area contributed by atoms with E-state index in [2.05, 4.69) is 5.10 Å². The third kappa shape index (κ3) is 2.70. The molecule has 25 heavy (non-hydrogen) atoms. The standard InChI is InChI=1S/C18H20N4O3/c1-12-3-4-15-14(9-12)10-16-18(24)21(19-13(2)22(15)16)11-17(23)20-5-7-25-8-6-20/h3-4,9-10H,5-8,11H2,1-2H3. The number of nitrogens with zero attached hydrogens (tertiary/aromatic N) is 4. The van der Waals surface area contributed by atoms with Crippen molar-refractivity contribution in [3.8, 4) is 0 Å². The first-order chi connectivity index (χ1) is 12.0. The van der Waals surface area contributed by atoms with E-state index >= 15 is 0 Å². The van der Waals surface area contributed by atoms with Crippen molar-refractivity contribution in [2.24, 2.45) is 0 Å². The van der Waals surface area contributed by atoms with Gasteiger partial charge in [-0.05, 0) is 32.0 Å². The summed E-state index contributed by atoms with van der Waals surface area (Å²) in [6, 6.07) is 7.93. The molecule has 1 saturated heterocycles. The summed E-state index contributed by atoms with van der Waals surface area (Å²) in [6.45, 7) is 6.02. The van der Waals surface area contributed by atoms with E-state index < -0.39 is 0 Å². The van der Waals surface area contributed by atoms with Crippen LogP contribution in [0.15, 0.2) is 29.1 Å². The molecule has 1 aliphatic heterocycles. The van der Waals surface area contributed by atoms with Gasteiger partial charge in [0.1, 0.15) is 17.9 Å². The average molecular weight is 340 g/mol. The number of hydrogen-bond acceptors (Lipinski definition) is 4. The fourth-order valence-electron chi connectivity index (χ4n) is 3.39. The molecule has 0 spiro atoms. The fraction of sp³-hybridized carbons (Fsp3) is 0.389. The van der Waals surface area contributed by atoms with Crippen LogP contribution < -0.4 is 5.56 Å². The maximum atomic E-state index is 12.8. The van der Waals surface area contributed by atoms with Crippen molar-refractivity contribution in [3.63, 3.8) is 0 Å². The Morgan fingerprint density at radius 2 is 1.92 bits per heavy atom. The Kier molecular flexibility index (Phi) is 3.80. The van der Waals surface area contributed by atoms with Crippen molar-refractivity contribution in [3.05, 3.63) is 46.0 Å². The maximum absolute atomic E-state index is 12.8. The van der Waals surface area contributed by atoms with E-state index in [1.54, 1.807) is 4.90 Å². The zero-order chi connectivity index (χ0) is 17.6. The molecule has 1 fully saturated rings. The first kappa shape index (κ1) is 15.8. The fourth-order valence-corrected chi connectivity index (χ4v) is 3.39. The number of morpholine rings is 1. The minimum Gasteiger partial charge on any atom is -0.378 e. The molecule has 1 amide bonds. The summed E-state index contributed by atoms with van der Waals surface area (Å²) in [5.41, 5.74) is 2.38. The van der Waals surface area contributed by atoms with E-state index in [4.69, 9.17) is 4.74 Å². The number of carbonyl (C=O) groups excluding carboxylic acids is 1. The highest BCUT2D eigenvalue weighted by Gasteiger charge is 2.19. The van der Waals surface area contributed by atoms with Crippen molar-refractivity contribution in [1.82, 2.24) is 19.1 Å². The smallest absolute Gasteiger partial charge is 0.291 e. The number of carbonyl (C=O) groups is 1. The van der Waals surface area contributed by atoms with E-state index in [9.17, 15) is 9.59 Å². The van der Waals surface area contributed by atoms with Gasteiger partial charge in [-0.15, -0.1) is 0 Å². The van der Waals surface area contributed by atoms with Gasteiger partial charge in [0.2, 0.25) is 5.91 Å². The number of amides is 1. The molecule has 0 aliphatic carbocycles. The third-order valence-electron chi connectivity index (χ3n) is 4.65. The number of ether oxygens (including phenoxy) is 1. The molecule has 7 heteroatoms. The molecule has 0 N–H and O–H groups in total. The minimum absolute atomic E-state index is 0.0449. The van der Waals surface area contributed by atoms with E-state index in [0.717, 1.165) is 16.5 Å². The zero-order valence-electron chi connectivity index (χ0n) is 14.4. The molecule has 3 aromatic rings. The van der Waals surface area contributed by atoms with Gasteiger partial charge in [-0.1, -0.05) is 11.6 Å². The number of rotatable bonds is 2. The van der Waals surface area contributed by atoms with Gasteiger partial charge in [0, 0.05) is 18.5 Å². The Morgan fingerprint density at radius 3 is 2.68 bits per heavy atom. The second-order valence-corrected chi connectivity index (χ2v) is 6.43. The Labute approximate surface area is 144 Å². The second kappa shape index (κ2) is 6.00. The van der Waals surface area contributed by atoms with E-state index in [1.807, 2.05) is 42.5 Å². The number of benzene rings is 1. The van der Waals surface area contributed by atoms with Crippen LogP contribution in [-0.2, 0) is 16.1 Å². The summed E-state index contributed by atoms with van der Waals surface area (Å²) in [5.74, 6) is 0.580. The molecule has 130 valence electrons. The summed E-state index contributed by atoms with van der Waals surface area (Å²) in [6.07, 6.45) is 0. The zero-order valence-corrected chi connectivity index (χ0v) is 14.4. The molecule has 1 aliphatic rings. The van der Waals surface area contributed by atoms with Crippen LogP contribution in [0.3, 0.4) is 0 Å². The lowest BCUT2D eigenvalue weighted by Crippen LogP contribution is -2.44. The van der Waals surface area contributed by atoms with E-state index in [0.29, 0.717) is 37.6 Å². The molecule has 2 aromatic heterocycles. The van der Waals surface area contributed by atoms with Gasteiger partial charge in [-0.2, -0.15) is 5.10 Å². The molecular formula is C18H20N4O3. The maximum Gasteiger partial charge on any atom is 0.291 e. The number of aryl methyl sites for hydroxylation is 2. The lowest BCUT2D eigenvalue weighted by atomic mass is 10.2. The average Bonchev–Trinajstić information content (AvgIpc) is 2.99.